The van der Waals surface area contributed by atoms with E-state index in [-0.39, 0.29) is 17.9 Å². The second-order valence-corrected chi connectivity index (χ2v) is 6.38. The summed E-state index contributed by atoms with van der Waals surface area (Å²) in [6, 6.07) is 16.6. The first-order valence-corrected chi connectivity index (χ1v) is 8.08. The number of likely N-dealkylation sites (tertiary alicyclic amines) is 1. The van der Waals surface area contributed by atoms with Gasteiger partial charge in [-0.3, -0.25) is 4.79 Å². The van der Waals surface area contributed by atoms with Crippen LogP contribution >= 0.6 is 0 Å². The van der Waals surface area contributed by atoms with Crippen LogP contribution in [0.15, 0.2) is 48.5 Å². The third-order valence-corrected chi connectivity index (χ3v) is 4.60. The number of hydrogen-bond acceptors (Lipinski definition) is 2. The minimum atomic E-state index is 0.0822. The summed E-state index contributed by atoms with van der Waals surface area (Å²) in [4.78, 5) is 14.6. The highest BCUT2D eigenvalue weighted by Gasteiger charge is 2.37. The minimum absolute atomic E-state index is 0.0822. The van der Waals surface area contributed by atoms with Gasteiger partial charge in [-0.1, -0.05) is 48.9 Å². The molecule has 1 saturated heterocycles. The van der Waals surface area contributed by atoms with Crippen molar-refractivity contribution >= 4 is 5.91 Å². The molecule has 23 heavy (non-hydrogen) atoms. The van der Waals surface area contributed by atoms with Crippen LogP contribution in [0.25, 0.3) is 0 Å². The van der Waals surface area contributed by atoms with Crippen LogP contribution in [0.2, 0.25) is 0 Å². The Kier molecular flexibility index (Phi) is 4.37. The van der Waals surface area contributed by atoms with Gasteiger partial charge < -0.3 is 9.64 Å². The van der Waals surface area contributed by atoms with Gasteiger partial charge in [-0.15, -0.1) is 0 Å². The monoisotopic (exact) mass is 309 g/mol. The van der Waals surface area contributed by atoms with Crippen molar-refractivity contribution < 1.29 is 9.53 Å². The number of hydrogen-bond donors (Lipinski definition) is 0. The van der Waals surface area contributed by atoms with E-state index >= 15 is 0 Å². The van der Waals surface area contributed by atoms with Gasteiger partial charge in [0.15, 0.2) is 0 Å². The number of carbonyl (C=O) groups excluding carboxylic acids is 1. The Labute approximate surface area is 137 Å². The van der Waals surface area contributed by atoms with Gasteiger partial charge in [0, 0.05) is 12.5 Å². The van der Waals surface area contributed by atoms with Gasteiger partial charge in [0.05, 0.1) is 13.2 Å². The quantitative estimate of drug-likeness (QED) is 0.850. The molecule has 2 aromatic carbocycles. The number of aryl methyl sites for hydroxylation is 1. The van der Waals surface area contributed by atoms with E-state index in [9.17, 15) is 4.79 Å². The molecular formula is C20H23NO2. The summed E-state index contributed by atoms with van der Waals surface area (Å²) in [5.74, 6) is 1.16. The van der Waals surface area contributed by atoms with E-state index in [4.69, 9.17) is 4.74 Å². The van der Waals surface area contributed by atoms with E-state index in [1.807, 2.05) is 36.1 Å². The molecule has 1 heterocycles. The van der Waals surface area contributed by atoms with Crippen molar-refractivity contribution in [1.82, 2.24) is 4.90 Å². The molecule has 2 aromatic rings. The molecule has 0 aliphatic carbocycles. The molecule has 1 fully saturated rings. The zero-order valence-electron chi connectivity index (χ0n) is 14.0. The van der Waals surface area contributed by atoms with Gasteiger partial charge >= 0.3 is 0 Å². The molecule has 3 nitrogen and oxygen atoms in total. The molecule has 3 heteroatoms. The maximum Gasteiger partial charge on any atom is 0.226 e. The van der Waals surface area contributed by atoms with Crippen LogP contribution in [0, 0.1) is 12.8 Å². The Hall–Kier alpha value is -2.29. The standard InChI is InChI=1S/C20H23NO2/c1-14-5-4-6-17(11-14)19-12-15(2)20(22)21(19)13-16-7-9-18(23-3)10-8-16/h4-11,15,19H,12-13H2,1-3H3. The Morgan fingerprint density at radius 2 is 1.91 bits per heavy atom. The molecule has 3 rings (SSSR count). The van der Waals surface area contributed by atoms with Crippen molar-refractivity contribution in [2.75, 3.05) is 7.11 Å². The SMILES string of the molecule is COc1ccc(CN2C(=O)C(C)CC2c2cccc(C)c2)cc1. The fourth-order valence-electron chi connectivity index (χ4n) is 3.31. The number of rotatable bonds is 4. The first kappa shape index (κ1) is 15.6. The number of methoxy groups -OCH3 is 1. The average Bonchev–Trinajstić information content (AvgIpc) is 2.84. The largest absolute Gasteiger partial charge is 0.497 e. The van der Waals surface area contributed by atoms with Crippen molar-refractivity contribution in [1.29, 1.82) is 0 Å². The lowest BCUT2D eigenvalue weighted by Crippen LogP contribution is -2.28. The Morgan fingerprint density at radius 1 is 1.17 bits per heavy atom. The molecule has 0 N–H and O–H groups in total. The summed E-state index contributed by atoms with van der Waals surface area (Å²) < 4.78 is 5.20. The minimum Gasteiger partial charge on any atom is -0.497 e. The summed E-state index contributed by atoms with van der Waals surface area (Å²) in [6.07, 6.45) is 0.887. The summed E-state index contributed by atoms with van der Waals surface area (Å²) in [7, 11) is 1.66. The fraction of sp³-hybridized carbons (Fsp3) is 0.350. The molecule has 0 radical (unpaired) electrons. The van der Waals surface area contributed by atoms with Crippen LogP contribution in [0.5, 0.6) is 5.75 Å². The Bertz CT molecular complexity index is 693. The molecule has 1 amide bonds. The topological polar surface area (TPSA) is 29.5 Å². The zero-order valence-corrected chi connectivity index (χ0v) is 14.0. The maximum absolute atomic E-state index is 12.6. The van der Waals surface area contributed by atoms with Crippen LogP contribution < -0.4 is 4.74 Å². The third-order valence-electron chi connectivity index (χ3n) is 4.60. The first-order valence-electron chi connectivity index (χ1n) is 8.08. The summed E-state index contributed by atoms with van der Waals surface area (Å²) in [6.45, 7) is 4.77. The molecule has 0 saturated carbocycles. The van der Waals surface area contributed by atoms with E-state index in [1.165, 1.54) is 11.1 Å². The molecule has 2 unspecified atom stereocenters. The number of ether oxygens (including phenoxy) is 1. The normalized spacial score (nSPS) is 20.8. The maximum atomic E-state index is 12.6. The molecule has 0 aromatic heterocycles. The van der Waals surface area contributed by atoms with Gasteiger partial charge in [0.2, 0.25) is 5.91 Å². The van der Waals surface area contributed by atoms with Gasteiger partial charge in [0.1, 0.15) is 5.75 Å². The van der Waals surface area contributed by atoms with Crippen molar-refractivity contribution in [2.45, 2.75) is 32.9 Å². The number of carbonyl (C=O) groups is 1. The Morgan fingerprint density at radius 3 is 2.57 bits per heavy atom. The van der Waals surface area contributed by atoms with Gasteiger partial charge in [-0.05, 0) is 36.6 Å². The van der Waals surface area contributed by atoms with E-state index < -0.39 is 0 Å². The molecule has 0 spiro atoms. The second kappa shape index (κ2) is 6.45. The summed E-state index contributed by atoms with van der Waals surface area (Å²) in [5.41, 5.74) is 3.60. The van der Waals surface area contributed by atoms with Crippen molar-refractivity contribution in [2.24, 2.45) is 5.92 Å². The number of nitrogens with zero attached hydrogens (tertiary/aromatic N) is 1. The summed E-state index contributed by atoms with van der Waals surface area (Å²) >= 11 is 0. The Balaban J connectivity index is 1.85. The predicted molar refractivity (Wildman–Crippen MR) is 91.2 cm³/mol. The van der Waals surface area contributed by atoms with Crippen molar-refractivity contribution in [3.63, 3.8) is 0 Å². The van der Waals surface area contributed by atoms with Crippen LogP contribution in [-0.4, -0.2) is 17.9 Å². The fourth-order valence-corrected chi connectivity index (χ4v) is 3.31. The van der Waals surface area contributed by atoms with E-state index in [0.29, 0.717) is 6.54 Å². The lowest BCUT2D eigenvalue weighted by atomic mass is 9.99. The van der Waals surface area contributed by atoms with Crippen molar-refractivity contribution in [3.05, 3.63) is 65.2 Å². The van der Waals surface area contributed by atoms with E-state index in [1.54, 1.807) is 7.11 Å². The van der Waals surface area contributed by atoms with Crippen LogP contribution in [0.4, 0.5) is 0 Å². The lowest BCUT2D eigenvalue weighted by Gasteiger charge is -2.25. The highest BCUT2D eigenvalue weighted by Crippen LogP contribution is 2.37. The lowest BCUT2D eigenvalue weighted by molar-refractivity contribution is -0.132. The molecule has 2 atom stereocenters. The van der Waals surface area contributed by atoms with Crippen LogP contribution in [0.1, 0.15) is 36.1 Å². The second-order valence-electron chi connectivity index (χ2n) is 6.38. The van der Waals surface area contributed by atoms with E-state index in [0.717, 1.165) is 17.7 Å². The van der Waals surface area contributed by atoms with Crippen molar-refractivity contribution in [3.8, 4) is 5.75 Å². The summed E-state index contributed by atoms with van der Waals surface area (Å²) in [5, 5.41) is 0. The predicted octanol–water partition coefficient (Wildman–Crippen LogP) is 4.11. The number of amides is 1. The highest BCUT2D eigenvalue weighted by atomic mass is 16.5. The molecule has 1 aliphatic rings. The van der Waals surface area contributed by atoms with Gasteiger partial charge in [-0.25, -0.2) is 0 Å². The third kappa shape index (κ3) is 3.24. The molecule has 1 aliphatic heterocycles. The first-order chi connectivity index (χ1) is 11.1. The zero-order chi connectivity index (χ0) is 16.4. The smallest absolute Gasteiger partial charge is 0.226 e. The number of benzene rings is 2. The molecule has 120 valence electrons. The average molecular weight is 309 g/mol. The highest BCUT2D eigenvalue weighted by molar-refractivity contribution is 5.81. The van der Waals surface area contributed by atoms with E-state index in [2.05, 4.69) is 31.2 Å². The molecular weight excluding hydrogens is 286 g/mol. The van der Waals surface area contributed by atoms with Crippen LogP contribution in [0.3, 0.4) is 0 Å². The van der Waals surface area contributed by atoms with Gasteiger partial charge in [-0.2, -0.15) is 0 Å². The molecule has 0 bridgehead atoms. The van der Waals surface area contributed by atoms with Crippen LogP contribution in [-0.2, 0) is 11.3 Å². The van der Waals surface area contributed by atoms with Gasteiger partial charge in [0.25, 0.3) is 0 Å².